The highest BCUT2D eigenvalue weighted by molar-refractivity contribution is 5.91. The summed E-state index contributed by atoms with van der Waals surface area (Å²) in [7, 11) is 0. The van der Waals surface area contributed by atoms with E-state index < -0.39 is 0 Å². The Balaban J connectivity index is 1.87. The maximum Gasteiger partial charge on any atom is 0.0722 e. The molecule has 3 nitrogen and oxygen atoms in total. The van der Waals surface area contributed by atoms with Gasteiger partial charge in [-0.15, -0.1) is 0 Å². The molecule has 3 aromatic rings. The highest BCUT2D eigenvalue weighted by Gasteiger charge is 2.00. The van der Waals surface area contributed by atoms with E-state index in [0.717, 1.165) is 23.1 Å². The maximum absolute atomic E-state index is 4.35. The number of fused-ring (bicyclic) bond motifs is 1. The molecule has 0 aliphatic carbocycles. The number of pyridine rings is 2. The molecule has 0 saturated carbocycles. The molecule has 0 atom stereocenters. The van der Waals surface area contributed by atoms with Gasteiger partial charge in [-0.05, 0) is 42.0 Å². The highest BCUT2D eigenvalue weighted by atomic mass is 14.9. The summed E-state index contributed by atoms with van der Waals surface area (Å²) in [5.41, 5.74) is 3.33. The normalized spacial score (nSPS) is 10.4. The second kappa shape index (κ2) is 4.84. The van der Waals surface area contributed by atoms with Crippen LogP contribution in [-0.2, 0) is 6.54 Å². The molecule has 1 aromatic carbocycles. The van der Waals surface area contributed by atoms with E-state index in [2.05, 4.69) is 27.4 Å². The van der Waals surface area contributed by atoms with Crippen molar-refractivity contribution in [2.45, 2.75) is 6.54 Å². The average molecular weight is 235 g/mol. The lowest BCUT2D eigenvalue weighted by molar-refractivity contribution is 1.13. The quantitative estimate of drug-likeness (QED) is 0.757. The Morgan fingerprint density at radius 2 is 1.78 bits per heavy atom. The van der Waals surface area contributed by atoms with E-state index in [9.17, 15) is 0 Å². The summed E-state index contributed by atoms with van der Waals surface area (Å²) in [5.74, 6) is 0. The van der Waals surface area contributed by atoms with Gasteiger partial charge in [0.1, 0.15) is 0 Å². The standard InChI is InChI=1S/C15H13N3/c1-4-14-13(3-2-8-17-14)15(5-1)18-11-12-6-9-16-10-7-12/h1-10,18H,11H2. The van der Waals surface area contributed by atoms with Crippen molar-refractivity contribution in [3.63, 3.8) is 0 Å². The third-order valence-corrected chi connectivity index (χ3v) is 2.88. The molecule has 0 aliphatic rings. The number of hydrogen-bond acceptors (Lipinski definition) is 3. The van der Waals surface area contributed by atoms with Crippen LogP contribution < -0.4 is 5.32 Å². The van der Waals surface area contributed by atoms with E-state index in [1.54, 1.807) is 0 Å². The van der Waals surface area contributed by atoms with Crippen LogP contribution in [0.15, 0.2) is 61.1 Å². The summed E-state index contributed by atoms with van der Waals surface area (Å²) in [5, 5.41) is 4.58. The van der Waals surface area contributed by atoms with Gasteiger partial charge < -0.3 is 5.32 Å². The monoisotopic (exact) mass is 235 g/mol. The fourth-order valence-electron chi connectivity index (χ4n) is 1.96. The van der Waals surface area contributed by atoms with Gasteiger partial charge in [0.05, 0.1) is 5.52 Å². The molecule has 0 unspecified atom stereocenters. The fraction of sp³-hybridized carbons (Fsp3) is 0.0667. The van der Waals surface area contributed by atoms with Crippen molar-refractivity contribution in [1.29, 1.82) is 0 Å². The molecule has 18 heavy (non-hydrogen) atoms. The van der Waals surface area contributed by atoms with E-state index in [4.69, 9.17) is 0 Å². The topological polar surface area (TPSA) is 37.8 Å². The van der Waals surface area contributed by atoms with Crippen LogP contribution in [0.4, 0.5) is 5.69 Å². The molecule has 3 heteroatoms. The summed E-state index contributed by atoms with van der Waals surface area (Å²) in [6, 6.07) is 14.2. The number of nitrogens with zero attached hydrogens (tertiary/aromatic N) is 2. The second-order valence-corrected chi connectivity index (χ2v) is 4.08. The van der Waals surface area contributed by atoms with E-state index in [1.165, 1.54) is 5.56 Å². The zero-order valence-electron chi connectivity index (χ0n) is 9.88. The van der Waals surface area contributed by atoms with Crippen LogP contribution in [0.1, 0.15) is 5.56 Å². The predicted octanol–water partition coefficient (Wildman–Crippen LogP) is 3.24. The summed E-state index contributed by atoms with van der Waals surface area (Å²) < 4.78 is 0. The number of anilines is 1. The summed E-state index contributed by atoms with van der Waals surface area (Å²) in [6.45, 7) is 0.788. The molecule has 2 heterocycles. The average Bonchev–Trinajstić information content (AvgIpc) is 2.46. The molecular weight excluding hydrogens is 222 g/mol. The van der Waals surface area contributed by atoms with Crippen molar-refractivity contribution >= 4 is 16.6 Å². The lowest BCUT2D eigenvalue weighted by Crippen LogP contribution is -2.00. The van der Waals surface area contributed by atoms with Crippen molar-refractivity contribution < 1.29 is 0 Å². The second-order valence-electron chi connectivity index (χ2n) is 4.08. The van der Waals surface area contributed by atoms with Gasteiger partial charge in [0, 0.05) is 36.2 Å². The Morgan fingerprint density at radius 3 is 2.67 bits per heavy atom. The van der Waals surface area contributed by atoms with Gasteiger partial charge in [0.15, 0.2) is 0 Å². The lowest BCUT2D eigenvalue weighted by atomic mass is 10.1. The van der Waals surface area contributed by atoms with Crippen molar-refractivity contribution in [2.75, 3.05) is 5.32 Å². The third kappa shape index (κ3) is 2.15. The van der Waals surface area contributed by atoms with E-state index in [1.807, 2.05) is 48.9 Å². The third-order valence-electron chi connectivity index (χ3n) is 2.88. The molecule has 0 radical (unpaired) electrons. The Kier molecular flexibility index (Phi) is 2.88. The molecule has 0 bridgehead atoms. The van der Waals surface area contributed by atoms with Crippen molar-refractivity contribution in [1.82, 2.24) is 9.97 Å². The van der Waals surface area contributed by atoms with Crippen LogP contribution in [0.2, 0.25) is 0 Å². The largest absolute Gasteiger partial charge is 0.380 e. The SMILES string of the molecule is c1cc(NCc2ccncc2)c2cccnc2c1. The van der Waals surface area contributed by atoms with Gasteiger partial charge in [0.2, 0.25) is 0 Å². The highest BCUT2D eigenvalue weighted by Crippen LogP contribution is 2.21. The Labute approximate surface area is 106 Å². The molecule has 2 aromatic heterocycles. The Bertz CT molecular complexity index is 645. The number of benzene rings is 1. The van der Waals surface area contributed by atoms with Crippen LogP contribution in [0.25, 0.3) is 10.9 Å². The van der Waals surface area contributed by atoms with Crippen LogP contribution >= 0.6 is 0 Å². The zero-order valence-corrected chi connectivity index (χ0v) is 9.88. The lowest BCUT2D eigenvalue weighted by Gasteiger charge is -2.09. The van der Waals surface area contributed by atoms with E-state index >= 15 is 0 Å². The smallest absolute Gasteiger partial charge is 0.0722 e. The van der Waals surface area contributed by atoms with Gasteiger partial charge in [0.25, 0.3) is 0 Å². The van der Waals surface area contributed by atoms with Crippen LogP contribution in [0, 0.1) is 0 Å². The van der Waals surface area contributed by atoms with E-state index in [-0.39, 0.29) is 0 Å². The minimum absolute atomic E-state index is 0.788. The van der Waals surface area contributed by atoms with E-state index in [0.29, 0.717) is 0 Å². The minimum Gasteiger partial charge on any atom is -0.380 e. The van der Waals surface area contributed by atoms with Gasteiger partial charge in [-0.2, -0.15) is 0 Å². The first-order valence-electron chi connectivity index (χ1n) is 5.90. The first-order chi connectivity index (χ1) is 8.93. The van der Waals surface area contributed by atoms with Crippen LogP contribution in [0.5, 0.6) is 0 Å². The zero-order chi connectivity index (χ0) is 12.2. The van der Waals surface area contributed by atoms with Crippen LogP contribution in [0.3, 0.4) is 0 Å². The summed E-state index contributed by atoms with van der Waals surface area (Å²) in [4.78, 5) is 8.36. The number of nitrogens with one attached hydrogen (secondary N) is 1. The molecule has 0 amide bonds. The molecule has 0 aliphatic heterocycles. The Morgan fingerprint density at radius 1 is 0.889 bits per heavy atom. The van der Waals surface area contributed by atoms with Crippen molar-refractivity contribution in [3.05, 3.63) is 66.6 Å². The summed E-state index contributed by atoms with van der Waals surface area (Å²) >= 11 is 0. The molecule has 3 rings (SSSR count). The first-order valence-corrected chi connectivity index (χ1v) is 5.90. The fourth-order valence-corrected chi connectivity index (χ4v) is 1.96. The minimum atomic E-state index is 0.788. The number of hydrogen-bond donors (Lipinski definition) is 1. The molecule has 0 saturated heterocycles. The van der Waals surface area contributed by atoms with Crippen molar-refractivity contribution in [2.24, 2.45) is 0 Å². The van der Waals surface area contributed by atoms with Crippen LogP contribution in [-0.4, -0.2) is 9.97 Å². The number of rotatable bonds is 3. The molecule has 0 fully saturated rings. The molecule has 1 N–H and O–H groups in total. The van der Waals surface area contributed by atoms with Gasteiger partial charge in [-0.3, -0.25) is 9.97 Å². The molecule has 88 valence electrons. The summed E-state index contributed by atoms with van der Waals surface area (Å²) in [6.07, 6.45) is 5.43. The maximum atomic E-state index is 4.35. The Hall–Kier alpha value is -2.42. The molecule has 0 spiro atoms. The first kappa shape index (κ1) is 10.7. The van der Waals surface area contributed by atoms with Crippen molar-refractivity contribution in [3.8, 4) is 0 Å². The number of aromatic nitrogens is 2. The predicted molar refractivity (Wildman–Crippen MR) is 73.3 cm³/mol. The van der Waals surface area contributed by atoms with Gasteiger partial charge in [-0.25, -0.2) is 0 Å². The van der Waals surface area contributed by atoms with Gasteiger partial charge in [-0.1, -0.05) is 6.07 Å². The van der Waals surface area contributed by atoms with Gasteiger partial charge >= 0.3 is 0 Å². The molecular formula is C15H13N3.